The Bertz CT molecular complexity index is 556. The molecule has 4 nitrogen and oxygen atoms in total. The molecule has 3 rings (SSSR count). The minimum atomic E-state index is -3.29. The molecule has 1 saturated carbocycles. The number of sulfonamides is 1. The zero-order chi connectivity index (χ0) is 14.7. The molecule has 6 heteroatoms. The van der Waals surface area contributed by atoms with Gasteiger partial charge in [-0.15, -0.1) is 11.3 Å². The van der Waals surface area contributed by atoms with Crippen LogP contribution in [0.15, 0.2) is 16.3 Å². The molecular weight excluding hydrogens is 304 g/mol. The number of hydrogen-bond donors (Lipinski definition) is 1. The summed E-state index contributed by atoms with van der Waals surface area (Å²) in [7, 11) is -3.29. The highest BCUT2D eigenvalue weighted by atomic mass is 32.2. The zero-order valence-electron chi connectivity index (χ0n) is 12.4. The van der Waals surface area contributed by atoms with Crippen molar-refractivity contribution < 1.29 is 8.42 Å². The Kier molecular flexibility index (Phi) is 4.99. The van der Waals surface area contributed by atoms with Gasteiger partial charge in [-0.1, -0.05) is 19.3 Å². The Hall–Kier alpha value is -0.430. The molecule has 1 N–H and O–H groups in total. The molecule has 118 valence electrons. The monoisotopic (exact) mass is 328 g/mol. The maximum atomic E-state index is 12.7. The van der Waals surface area contributed by atoms with E-state index < -0.39 is 10.0 Å². The lowest BCUT2D eigenvalue weighted by Crippen LogP contribution is -2.33. The third-order valence-electron chi connectivity index (χ3n) is 4.22. The average molecular weight is 329 g/mol. The molecule has 0 amide bonds. The third kappa shape index (κ3) is 4.06. The lowest BCUT2D eigenvalue weighted by atomic mass is 10.1. The highest BCUT2D eigenvalue weighted by Crippen LogP contribution is 2.26. The van der Waals surface area contributed by atoms with Gasteiger partial charge in [0.15, 0.2) is 0 Å². The van der Waals surface area contributed by atoms with Crippen LogP contribution < -0.4 is 5.32 Å². The van der Waals surface area contributed by atoms with E-state index in [1.807, 2.05) is 6.07 Å². The van der Waals surface area contributed by atoms with E-state index in [1.165, 1.54) is 19.3 Å². The van der Waals surface area contributed by atoms with Gasteiger partial charge < -0.3 is 5.32 Å². The lowest BCUT2D eigenvalue weighted by Gasteiger charge is -2.23. The summed E-state index contributed by atoms with van der Waals surface area (Å²) in [6, 6.07) is 2.51. The number of rotatable bonds is 5. The van der Waals surface area contributed by atoms with E-state index in [0.29, 0.717) is 24.0 Å². The van der Waals surface area contributed by atoms with E-state index in [0.717, 1.165) is 37.1 Å². The summed E-state index contributed by atoms with van der Waals surface area (Å²) in [6.45, 7) is 2.15. The predicted octanol–water partition coefficient (Wildman–Crippen LogP) is 2.95. The predicted molar refractivity (Wildman–Crippen MR) is 86.0 cm³/mol. The summed E-state index contributed by atoms with van der Waals surface area (Å²) in [4.78, 5) is 1.60. The summed E-state index contributed by atoms with van der Waals surface area (Å²) < 4.78 is 27.1. The van der Waals surface area contributed by atoms with Crippen LogP contribution in [0.2, 0.25) is 0 Å². The first-order valence-electron chi connectivity index (χ1n) is 7.97. The normalized spacial score (nSPS) is 21.9. The van der Waals surface area contributed by atoms with Crippen molar-refractivity contribution in [2.45, 2.75) is 62.4 Å². The summed E-state index contributed by atoms with van der Waals surface area (Å²) in [6.07, 6.45) is 8.01. The van der Waals surface area contributed by atoms with Crippen LogP contribution in [0.3, 0.4) is 0 Å². The van der Waals surface area contributed by atoms with Crippen molar-refractivity contribution in [2.75, 3.05) is 13.1 Å². The Morgan fingerprint density at radius 1 is 1.14 bits per heavy atom. The number of thiophene rings is 1. The zero-order valence-corrected chi connectivity index (χ0v) is 14.0. The molecule has 0 unspecified atom stereocenters. The van der Waals surface area contributed by atoms with Crippen LogP contribution in [-0.4, -0.2) is 31.9 Å². The Balaban J connectivity index is 1.67. The van der Waals surface area contributed by atoms with Crippen LogP contribution >= 0.6 is 11.3 Å². The molecule has 0 atom stereocenters. The van der Waals surface area contributed by atoms with E-state index in [9.17, 15) is 8.42 Å². The van der Waals surface area contributed by atoms with Crippen molar-refractivity contribution in [1.82, 2.24) is 9.62 Å². The van der Waals surface area contributed by atoms with Crippen molar-refractivity contribution in [3.63, 3.8) is 0 Å². The number of nitrogens with one attached hydrogen (secondary N) is 1. The van der Waals surface area contributed by atoms with Gasteiger partial charge in [-0.05, 0) is 31.7 Å². The van der Waals surface area contributed by atoms with Crippen LogP contribution in [0.25, 0.3) is 0 Å². The first-order chi connectivity index (χ1) is 10.2. The van der Waals surface area contributed by atoms with Gasteiger partial charge >= 0.3 is 0 Å². The van der Waals surface area contributed by atoms with Gasteiger partial charge in [0.1, 0.15) is 0 Å². The molecule has 0 bridgehead atoms. The van der Waals surface area contributed by atoms with E-state index in [-0.39, 0.29) is 0 Å². The molecule has 21 heavy (non-hydrogen) atoms. The molecule has 1 aliphatic heterocycles. The van der Waals surface area contributed by atoms with Crippen molar-refractivity contribution in [2.24, 2.45) is 0 Å². The second kappa shape index (κ2) is 6.77. The summed E-state index contributed by atoms with van der Waals surface area (Å²) in [5.41, 5.74) is 0. The topological polar surface area (TPSA) is 49.4 Å². The van der Waals surface area contributed by atoms with Gasteiger partial charge in [-0.2, -0.15) is 4.31 Å². The van der Waals surface area contributed by atoms with Gasteiger partial charge in [0.25, 0.3) is 0 Å². The SMILES string of the molecule is O=S(=O)(c1csc(CNC2CC2)c1)N1CCCCCCC1. The number of hydrogen-bond acceptors (Lipinski definition) is 4. The summed E-state index contributed by atoms with van der Waals surface area (Å²) >= 11 is 1.55. The minimum Gasteiger partial charge on any atom is -0.309 e. The van der Waals surface area contributed by atoms with E-state index in [1.54, 1.807) is 21.0 Å². The van der Waals surface area contributed by atoms with Crippen LogP contribution in [0.4, 0.5) is 0 Å². The van der Waals surface area contributed by atoms with Crippen LogP contribution in [0.5, 0.6) is 0 Å². The molecular formula is C15H24N2O2S2. The average Bonchev–Trinajstić information content (AvgIpc) is 3.11. The van der Waals surface area contributed by atoms with Crippen molar-refractivity contribution in [1.29, 1.82) is 0 Å². The second-order valence-electron chi connectivity index (χ2n) is 6.08. The van der Waals surface area contributed by atoms with E-state index in [2.05, 4.69) is 5.32 Å². The van der Waals surface area contributed by atoms with Crippen molar-refractivity contribution >= 4 is 21.4 Å². The standard InChI is InChI=1S/C15H24N2O2S2/c18-21(19,17-8-4-2-1-3-5-9-17)15-10-14(20-12-15)11-16-13-6-7-13/h10,12-13,16H,1-9,11H2. The fourth-order valence-corrected chi connectivity index (χ4v) is 5.46. The maximum absolute atomic E-state index is 12.7. The molecule has 1 saturated heterocycles. The highest BCUT2D eigenvalue weighted by Gasteiger charge is 2.26. The molecule has 0 radical (unpaired) electrons. The summed E-state index contributed by atoms with van der Waals surface area (Å²) in [5, 5.41) is 5.24. The second-order valence-corrected chi connectivity index (χ2v) is 9.01. The van der Waals surface area contributed by atoms with E-state index in [4.69, 9.17) is 0 Å². The third-order valence-corrected chi connectivity index (χ3v) is 7.19. The van der Waals surface area contributed by atoms with Gasteiger partial charge in [-0.3, -0.25) is 0 Å². The molecule has 1 aromatic heterocycles. The summed E-state index contributed by atoms with van der Waals surface area (Å²) in [5.74, 6) is 0. The largest absolute Gasteiger partial charge is 0.309 e. The maximum Gasteiger partial charge on any atom is 0.243 e. The van der Waals surface area contributed by atoms with Crippen molar-refractivity contribution in [3.8, 4) is 0 Å². The molecule has 0 spiro atoms. The lowest BCUT2D eigenvalue weighted by molar-refractivity contribution is 0.364. The minimum absolute atomic E-state index is 0.487. The van der Waals surface area contributed by atoms with E-state index >= 15 is 0 Å². The van der Waals surface area contributed by atoms with Gasteiger partial charge in [0.05, 0.1) is 4.90 Å². The van der Waals surface area contributed by atoms with Gasteiger partial charge in [0, 0.05) is 35.9 Å². The smallest absolute Gasteiger partial charge is 0.243 e. The highest BCUT2D eigenvalue weighted by molar-refractivity contribution is 7.89. The molecule has 1 aromatic rings. The Labute approximate surface area is 131 Å². The fourth-order valence-electron chi connectivity index (χ4n) is 2.73. The Morgan fingerprint density at radius 2 is 1.81 bits per heavy atom. The van der Waals surface area contributed by atoms with Gasteiger partial charge in [-0.25, -0.2) is 8.42 Å². The molecule has 2 aliphatic rings. The first-order valence-corrected chi connectivity index (χ1v) is 10.3. The van der Waals surface area contributed by atoms with Crippen molar-refractivity contribution in [3.05, 3.63) is 16.3 Å². The van der Waals surface area contributed by atoms with Crippen LogP contribution in [0.1, 0.15) is 49.8 Å². The Morgan fingerprint density at radius 3 is 2.48 bits per heavy atom. The van der Waals surface area contributed by atoms with Crippen LogP contribution in [0, 0.1) is 0 Å². The molecule has 2 fully saturated rings. The first kappa shape index (κ1) is 15.5. The van der Waals surface area contributed by atoms with Crippen LogP contribution in [-0.2, 0) is 16.6 Å². The quantitative estimate of drug-likeness (QED) is 0.904. The number of nitrogens with zero attached hydrogens (tertiary/aromatic N) is 1. The fraction of sp³-hybridized carbons (Fsp3) is 0.733. The molecule has 0 aromatic carbocycles. The molecule has 2 heterocycles. The van der Waals surface area contributed by atoms with Gasteiger partial charge in [0.2, 0.25) is 10.0 Å². The molecule has 1 aliphatic carbocycles.